The van der Waals surface area contributed by atoms with Gasteiger partial charge in [0.1, 0.15) is 0 Å². The van der Waals surface area contributed by atoms with Crippen LogP contribution in [0.15, 0.2) is 0 Å². The van der Waals surface area contributed by atoms with E-state index in [4.69, 9.17) is 0 Å². The summed E-state index contributed by atoms with van der Waals surface area (Å²) in [7, 11) is -1.49. The van der Waals surface area contributed by atoms with Crippen molar-refractivity contribution >= 4 is 9.04 Å². The van der Waals surface area contributed by atoms with Crippen LogP contribution in [0, 0.1) is 0 Å². The lowest BCUT2D eigenvalue weighted by Gasteiger charge is -2.02. The normalized spacial score (nSPS) is 10.8. The van der Waals surface area contributed by atoms with Crippen molar-refractivity contribution in [1.82, 2.24) is 0 Å². The van der Waals surface area contributed by atoms with Crippen molar-refractivity contribution in [3.63, 3.8) is 0 Å². The van der Waals surface area contributed by atoms with E-state index < -0.39 is 9.04 Å². The van der Waals surface area contributed by atoms with E-state index in [2.05, 4.69) is 13.8 Å². The van der Waals surface area contributed by atoms with Gasteiger partial charge in [-0.1, -0.05) is 39.5 Å². The van der Waals surface area contributed by atoms with Crippen LogP contribution in [0.4, 0.5) is 0 Å². The largest absolute Gasteiger partial charge is 0.302 e. The van der Waals surface area contributed by atoms with Crippen LogP contribution in [0.5, 0.6) is 0 Å². The summed E-state index contributed by atoms with van der Waals surface area (Å²) in [4.78, 5) is 11.2. The maximum atomic E-state index is 11.2. The number of rotatable bonds is 6. The SMILES string of the molecule is CCCC[SiH]([O])CCCC. The summed E-state index contributed by atoms with van der Waals surface area (Å²) < 4.78 is 0. The molecule has 0 heterocycles. The minimum atomic E-state index is -1.49. The molecule has 0 saturated carbocycles. The Bertz CT molecular complexity index is 58.3. The molecule has 0 fully saturated rings. The van der Waals surface area contributed by atoms with Crippen molar-refractivity contribution in [2.45, 2.75) is 51.6 Å². The minimum absolute atomic E-state index is 1.02. The van der Waals surface area contributed by atoms with Crippen molar-refractivity contribution in [2.24, 2.45) is 0 Å². The Kier molecular flexibility index (Phi) is 7.41. The highest BCUT2D eigenvalue weighted by Gasteiger charge is 2.06. The van der Waals surface area contributed by atoms with Gasteiger partial charge < -0.3 is 4.80 Å². The molecule has 0 aromatic rings. The fourth-order valence-electron chi connectivity index (χ4n) is 1.01. The van der Waals surface area contributed by atoms with Gasteiger partial charge in [0.2, 0.25) is 9.04 Å². The molecule has 0 N–H and O–H groups in total. The van der Waals surface area contributed by atoms with E-state index in [1.165, 1.54) is 25.7 Å². The zero-order chi connectivity index (χ0) is 7.82. The standard InChI is InChI=1S/C8H19OSi/c1-3-5-7-10(9)8-6-4-2/h10H,3-8H2,1-2H3. The van der Waals surface area contributed by atoms with E-state index in [0.717, 1.165) is 12.1 Å². The first-order chi connectivity index (χ1) is 4.81. The van der Waals surface area contributed by atoms with Gasteiger partial charge in [-0.3, -0.25) is 0 Å². The topological polar surface area (TPSA) is 19.9 Å². The van der Waals surface area contributed by atoms with Gasteiger partial charge in [0, 0.05) is 0 Å². The first kappa shape index (κ1) is 10.2. The van der Waals surface area contributed by atoms with E-state index in [-0.39, 0.29) is 0 Å². The second kappa shape index (κ2) is 7.29. The lowest BCUT2D eigenvalue weighted by Crippen LogP contribution is -2.08. The Morgan fingerprint density at radius 2 is 1.40 bits per heavy atom. The second-order valence-corrected chi connectivity index (χ2v) is 5.31. The van der Waals surface area contributed by atoms with Crippen molar-refractivity contribution in [3.05, 3.63) is 0 Å². The maximum absolute atomic E-state index is 11.2. The highest BCUT2D eigenvalue weighted by Crippen LogP contribution is 2.07. The van der Waals surface area contributed by atoms with Gasteiger partial charge in [0.05, 0.1) is 0 Å². The van der Waals surface area contributed by atoms with Gasteiger partial charge in [-0.05, 0) is 12.1 Å². The van der Waals surface area contributed by atoms with Crippen molar-refractivity contribution in [3.8, 4) is 0 Å². The van der Waals surface area contributed by atoms with E-state index in [1.807, 2.05) is 0 Å². The molecule has 1 nitrogen and oxygen atoms in total. The molecule has 0 spiro atoms. The monoisotopic (exact) mass is 159 g/mol. The summed E-state index contributed by atoms with van der Waals surface area (Å²) in [6.45, 7) is 4.31. The van der Waals surface area contributed by atoms with E-state index in [9.17, 15) is 4.80 Å². The molecule has 0 aliphatic carbocycles. The molecule has 0 aromatic carbocycles. The Morgan fingerprint density at radius 3 is 1.70 bits per heavy atom. The van der Waals surface area contributed by atoms with Gasteiger partial charge in [-0.25, -0.2) is 0 Å². The van der Waals surface area contributed by atoms with E-state index >= 15 is 0 Å². The molecular weight excluding hydrogens is 140 g/mol. The molecule has 0 saturated heterocycles. The molecule has 2 heteroatoms. The average molecular weight is 159 g/mol. The molecule has 0 aromatic heterocycles. The van der Waals surface area contributed by atoms with Gasteiger partial charge in [-0.15, -0.1) is 0 Å². The minimum Gasteiger partial charge on any atom is -0.302 e. The van der Waals surface area contributed by atoms with E-state index in [1.54, 1.807) is 0 Å². The van der Waals surface area contributed by atoms with Crippen LogP contribution in [0.1, 0.15) is 39.5 Å². The zero-order valence-corrected chi connectivity index (χ0v) is 8.38. The summed E-state index contributed by atoms with van der Waals surface area (Å²) in [6.07, 6.45) is 4.73. The van der Waals surface area contributed by atoms with Gasteiger partial charge in [-0.2, -0.15) is 0 Å². The van der Waals surface area contributed by atoms with Crippen LogP contribution in [-0.4, -0.2) is 9.04 Å². The molecule has 0 aliphatic rings. The molecule has 0 bridgehead atoms. The third-order valence-electron chi connectivity index (χ3n) is 1.76. The highest BCUT2D eigenvalue weighted by atomic mass is 28.3. The Morgan fingerprint density at radius 1 is 1.00 bits per heavy atom. The molecular formula is C8H19OSi. The van der Waals surface area contributed by atoms with Crippen LogP contribution in [0.3, 0.4) is 0 Å². The summed E-state index contributed by atoms with van der Waals surface area (Å²) in [5.74, 6) is 0. The van der Waals surface area contributed by atoms with Crippen molar-refractivity contribution in [2.75, 3.05) is 0 Å². The van der Waals surface area contributed by atoms with Crippen LogP contribution < -0.4 is 0 Å². The summed E-state index contributed by atoms with van der Waals surface area (Å²) in [5, 5.41) is 0. The molecule has 10 heavy (non-hydrogen) atoms. The Balaban J connectivity index is 3.00. The number of hydrogen-bond acceptors (Lipinski definition) is 0. The molecule has 0 unspecified atom stereocenters. The van der Waals surface area contributed by atoms with Crippen LogP contribution in [0.2, 0.25) is 12.1 Å². The van der Waals surface area contributed by atoms with Gasteiger partial charge >= 0.3 is 0 Å². The predicted octanol–water partition coefficient (Wildman–Crippen LogP) is 2.74. The van der Waals surface area contributed by atoms with Crippen LogP contribution in [-0.2, 0) is 4.80 Å². The number of unbranched alkanes of at least 4 members (excludes halogenated alkanes) is 2. The van der Waals surface area contributed by atoms with Crippen molar-refractivity contribution in [1.29, 1.82) is 0 Å². The van der Waals surface area contributed by atoms with Crippen molar-refractivity contribution < 1.29 is 4.80 Å². The quantitative estimate of drug-likeness (QED) is 0.531. The van der Waals surface area contributed by atoms with E-state index in [0.29, 0.717) is 0 Å². The molecule has 0 atom stereocenters. The fraction of sp³-hybridized carbons (Fsp3) is 1.00. The summed E-state index contributed by atoms with van der Waals surface area (Å²) in [5.41, 5.74) is 0. The highest BCUT2D eigenvalue weighted by molar-refractivity contribution is 6.49. The molecule has 0 aliphatic heterocycles. The van der Waals surface area contributed by atoms with Gasteiger partial charge in [0.15, 0.2) is 0 Å². The Hall–Kier alpha value is 0.177. The molecule has 61 valence electrons. The average Bonchev–Trinajstić information content (AvgIpc) is 1.97. The fourth-order valence-corrected chi connectivity index (χ4v) is 3.02. The third kappa shape index (κ3) is 6.30. The van der Waals surface area contributed by atoms with Crippen LogP contribution in [0.25, 0.3) is 0 Å². The number of hydrogen-bond donors (Lipinski definition) is 0. The predicted molar refractivity (Wildman–Crippen MR) is 47.3 cm³/mol. The second-order valence-electron chi connectivity index (χ2n) is 2.91. The summed E-state index contributed by atoms with van der Waals surface area (Å²) >= 11 is 0. The summed E-state index contributed by atoms with van der Waals surface area (Å²) in [6, 6.07) is 2.05. The van der Waals surface area contributed by atoms with Gasteiger partial charge in [0.25, 0.3) is 0 Å². The molecule has 0 amide bonds. The Labute approximate surface area is 66.2 Å². The smallest absolute Gasteiger partial charge is 0.222 e. The zero-order valence-electron chi connectivity index (χ0n) is 7.23. The third-order valence-corrected chi connectivity index (χ3v) is 3.86. The lowest BCUT2D eigenvalue weighted by molar-refractivity contribution is 0.439. The molecule has 1 radical (unpaired) electrons. The maximum Gasteiger partial charge on any atom is 0.222 e. The first-order valence-corrected chi connectivity index (χ1v) is 6.57. The van der Waals surface area contributed by atoms with Crippen LogP contribution >= 0.6 is 0 Å². The first-order valence-electron chi connectivity index (χ1n) is 4.47. The molecule has 0 rings (SSSR count). The lowest BCUT2D eigenvalue weighted by atomic mass is 10.4.